The summed E-state index contributed by atoms with van der Waals surface area (Å²) < 4.78 is 0. The summed E-state index contributed by atoms with van der Waals surface area (Å²) in [7, 11) is 2.08. The van der Waals surface area contributed by atoms with Crippen LogP contribution in [0.1, 0.15) is 11.5 Å². The highest BCUT2D eigenvalue weighted by Gasteiger charge is 2.32. The largest absolute Gasteiger partial charge is 0.396 e. The molecule has 1 saturated heterocycles. The molecule has 1 aromatic carbocycles. The second-order valence-electron chi connectivity index (χ2n) is 4.29. The first-order valence-corrected chi connectivity index (χ1v) is 5.64. The maximum absolute atomic E-state index is 9.34. The molecular weight excluding hydrogens is 210 g/mol. The number of likely N-dealkylation sites (N-methyl/N-ethyl adjacent to an activating group) is 1. The van der Waals surface area contributed by atoms with Gasteiger partial charge in [0.25, 0.3) is 0 Å². The zero-order valence-corrected chi connectivity index (χ0v) is 9.61. The molecule has 15 heavy (non-hydrogen) atoms. The smallest absolute Gasteiger partial charge is 0.0477 e. The van der Waals surface area contributed by atoms with Crippen LogP contribution in [0.3, 0.4) is 0 Å². The fraction of sp³-hybridized carbons (Fsp3) is 0.500. The minimum absolute atomic E-state index is 0.236. The number of hydrogen-bond acceptors (Lipinski definition) is 2. The van der Waals surface area contributed by atoms with E-state index in [1.54, 1.807) is 0 Å². The molecule has 3 heteroatoms. The van der Waals surface area contributed by atoms with Crippen molar-refractivity contribution < 1.29 is 5.11 Å². The van der Waals surface area contributed by atoms with Crippen molar-refractivity contribution in [3.05, 3.63) is 34.9 Å². The molecule has 82 valence electrons. The molecular formula is C12H16ClNO. The van der Waals surface area contributed by atoms with Crippen LogP contribution in [-0.4, -0.2) is 36.8 Å². The van der Waals surface area contributed by atoms with Gasteiger partial charge in [-0.1, -0.05) is 29.8 Å². The predicted molar refractivity (Wildman–Crippen MR) is 62.3 cm³/mol. The van der Waals surface area contributed by atoms with E-state index in [4.69, 9.17) is 11.6 Å². The Balaban J connectivity index is 2.26. The fourth-order valence-electron chi connectivity index (χ4n) is 2.40. The molecule has 2 atom stereocenters. The van der Waals surface area contributed by atoms with Crippen LogP contribution in [0.2, 0.25) is 5.02 Å². The number of benzene rings is 1. The van der Waals surface area contributed by atoms with Crippen LogP contribution in [0.5, 0.6) is 0 Å². The van der Waals surface area contributed by atoms with Gasteiger partial charge in [-0.2, -0.15) is 0 Å². The molecule has 0 saturated carbocycles. The van der Waals surface area contributed by atoms with E-state index in [0.717, 1.165) is 18.1 Å². The molecule has 0 amide bonds. The van der Waals surface area contributed by atoms with Gasteiger partial charge in [0.15, 0.2) is 0 Å². The Morgan fingerprint density at radius 3 is 2.80 bits per heavy atom. The first kappa shape index (κ1) is 10.9. The number of aliphatic hydroxyl groups excluding tert-OH is 1. The summed E-state index contributed by atoms with van der Waals surface area (Å²) >= 11 is 6.17. The summed E-state index contributed by atoms with van der Waals surface area (Å²) in [5, 5.41) is 10.2. The Labute approximate surface area is 95.5 Å². The van der Waals surface area contributed by atoms with Crippen molar-refractivity contribution in [1.29, 1.82) is 0 Å². The maximum Gasteiger partial charge on any atom is 0.0477 e. The number of nitrogens with zero attached hydrogens (tertiary/aromatic N) is 1. The lowest BCUT2D eigenvalue weighted by atomic mass is 9.89. The number of rotatable bonds is 2. The van der Waals surface area contributed by atoms with Gasteiger partial charge in [0, 0.05) is 36.6 Å². The van der Waals surface area contributed by atoms with Gasteiger partial charge in [0.05, 0.1) is 0 Å². The van der Waals surface area contributed by atoms with Crippen molar-refractivity contribution in [2.75, 3.05) is 26.7 Å². The van der Waals surface area contributed by atoms with Crippen molar-refractivity contribution in [2.45, 2.75) is 5.92 Å². The molecule has 0 aromatic heterocycles. The molecule has 0 radical (unpaired) electrons. The molecule has 2 nitrogen and oxygen atoms in total. The number of halogens is 1. The summed E-state index contributed by atoms with van der Waals surface area (Å²) in [5.41, 5.74) is 1.17. The molecule has 1 heterocycles. The van der Waals surface area contributed by atoms with E-state index < -0.39 is 0 Å². The minimum atomic E-state index is 0.236. The monoisotopic (exact) mass is 225 g/mol. The van der Waals surface area contributed by atoms with Crippen molar-refractivity contribution >= 4 is 11.6 Å². The van der Waals surface area contributed by atoms with E-state index in [9.17, 15) is 5.11 Å². The summed E-state index contributed by atoms with van der Waals surface area (Å²) in [4.78, 5) is 2.24. The third-order valence-electron chi connectivity index (χ3n) is 3.16. The van der Waals surface area contributed by atoms with E-state index >= 15 is 0 Å². The lowest BCUT2D eigenvalue weighted by Crippen LogP contribution is -2.16. The standard InChI is InChI=1S/C12H16ClNO/c1-14-6-9(8-15)11(7-14)10-4-2-3-5-12(10)13/h2-5,9,11,15H,6-8H2,1H3/t9-,11-/m0/s1. The fourth-order valence-corrected chi connectivity index (χ4v) is 2.68. The van der Waals surface area contributed by atoms with E-state index in [2.05, 4.69) is 18.0 Å². The van der Waals surface area contributed by atoms with Gasteiger partial charge in [-0.3, -0.25) is 0 Å². The van der Waals surface area contributed by atoms with Crippen molar-refractivity contribution in [3.63, 3.8) is 0 Å². The summed E-state index contributed by atoms with van der Waals surface area (Å²) in [5.74, 6) is 0.684. The molecule has 1 fully saturated rings. The van der Waals surface area contributed by atoms with E-state index in [0.29, 0.717) is 11.8 Å². The Morgan fingerprint density at radius 2 is 2.13 bits per heavy atom. The second kappa shape index (κ2) is 4.52. The van der Waals surface area contributed by atoms with Crippen molar-refractivity contribution in [3.8, 4) is 0 Å². The van der Waals surface area contributed by atoms with Gasteiger partial charge in [0.1, 0.15) is 0 Å². The minimum Gasteiger partial charge on any atom is -0.396 e. The Hall–Kier alpha value is -0.570. The first-order chi connectivity index (χ1) is 7.22. The molecule has 0 spiro atoms. The molecule has 1 aromatic rings. The van der Waals surface area contributed by atoms with Gasteiger partial charge >= 0.3 is 0 Å². The van der Waals surface area contributed by atoms with Gasteiger partial charge in [-0.05, 0) is 18.7 Å². The van der Waals surface area contributed by atoms with Crippen LogP contribution in [0.15, 0.2) is 24.3 Å². The maximum atomic E-state index is 9.34. The van der Waals surface area contributed by atoms with Crippen molar-refractivity contribution in [2.24, 2.45) is 5.92 Å². The molecule has 0 aliphatic carbocycles. The second-order valence-corrected chi connectivity index (χ2v) is 4.70. The van der Waals surface area contributed by atoms with Gasteiger partial charge in [0.2, 0.25) is 0 Å². The first-order valence-electron chi connectivity index (χ1n) is 5.26. The third kappa shape index (κ3) is 2.17. The summed E-state index contributed by atoms with van der Waals surface area (Å²) in [6.45, 7) is 2.17. The molecule has 2 rings (SSSR count). The Bertz CT molecular complexity index is 342. The van der Waals surface area contributed by atoms with Crippen LogP contribution in [0.25, 0.3) is 0 Å². The number of likely N-dealkylation sites (tertiary alicyclic amines) is 1. The average Bonchev–Trinajstić information content (AvgIpc) is 2.60. The van der Waals surface area contributed by atoms with E-state index in [1.807, 2.05) is 18.2 Å². The van der Waals surface area contributed by atoms with Gasteiger partial charge in [-0.25, -0.2) is 0 Å². The summed E-state index contributed by atoms with van der Waals surface area (Å²) in [6, 6.07) is 7.94. The van der Waals surface area contributed by atoms with Crippen LogP contribution < -0.4 is 0 Å². The zero-order valence-electron chi connectivity index (χ0n) is 8.86. The van der Waals surface area contributed by atoms with Crippen LogP contribution >= 0.6 is 11.6 Å². The molecule has 1 aliphatic heterocycles. The van der Waals surface area contributed by atoms with Gasteiger partial charge < -0.3 is 10.0 Å². The molecule has 0 unspecified atom stereocenters. The summed E-state index contributed by atoms with van der Waals surface area (Å²) in [6.07, 6.45) is 0. The zero-order chi connectivity index (χ0) is 10.8. The highest BCUT2D eigenvalue weighted by Crippen LogP contribution is 2.35. The Kier molecular flexibility index (Phi) is 3.29. The molecule has 1 aliphatic rings. The van der Waals surface area contributed by atoms with Gasteiger partial charge in [-0.15, -0.1) is 0 Å². The normalized spacial score (nSPS) is 27.1. The highest BCUT2D eigenvalue weighted by molar-refractivity contribution is 6.31. The number of aliphatic hydroxyl groups is 1. The lowest BCUT2D eigenvalue weighted by molar-refractivity contribution is 0.219. The Morgan fingerprint density at radius 1 is 1.40 bits per heavy atom. The quantitative estimate of drug-likeness (QED) is 0.832. The lowest BCUT2D eigenvalue weighted by Gasteiger charge is -2.17. The topological polar surface area (TPSA) is 23.5 Å². The third-order valence-corrected chi connectivity index (χ3v) is 3.51. The van der Waals surface area contributed by atoms with Crippen molar-refractivity contribution in [1.82, 2.24) is 4.90 Å². The molecule has 1 N–H and O–H groups in total. The van der Waals surface area contributed by atoms with Crippen LogP contribution in [-0.2, 0) is 0 Å². The SMILES string of the molecule is CN1C[C@@H](CO)[C@@H](c2ccccc2Cl)C1. The molecule has 0 bridgehead atoms. The number of hydrogen-bond donors (Lipinski definition) is 1. The predicted octanol–water partition coefficient (Wildman–Crippen LogP) is 1.98. The highest BCUT2D eigenvalue weighted by atomic mass is 35.5. The average molecular weight is 226 g/mol. The van der Waals surface area contributed by atoms with E-state index in [-0.39, 0.29) is 6.61 Å². The van der Waals surface area contributed by atoms with E-state index in [1.165, 1.54) is 5.56 Å². The van der Waals surface area contributed by atoms with Crippen LogP contribution in [0.4, 0.5) is 0 Å². The van der Waals surface area contributed by atoms with Crippen LogP contribution in [0, 0.1) is 5.92 Å².